The van der Waals surface area contributed by atoms with Crippen LogP contribution in [0.5, 0.6) is 0 Å². The minimum atomic E-state index is -3.45. The van der Waals surface area contributed by atoms with Crippen molar-refractivity contribution in [1.82, 2.24) is 15.1 Å². The fourth-order valence-electron chi connectivity index (χ4n) is 1.93. The highest BCUT2D eigenvalue weighted by atomic mass is 32.2. The van der Waals surface area contributed by atoms with Crippen molar-refractivity contribution in [2.45, 2.75) is 63.9 Å². The molecule has 0 spiro atoms. The molecular formula is C15H23N3O3S2. The molecule has 2 rings (SSSR count). The second-order valence-corrected chi connectivity index (χ2v) is 9.90. The van der Waals surface area contributed by atoms with E-state index in [-0.39, 0.29) is 17.1 Å². The molecule has 2 aromatic heterocycles. The maximum Gasteiger partial charge on any atom is 0.244 e. The predicted octanol–water partition coefficient (Wildman–Crippen LogP) is 3.45. The molecule has 6 nitrogen and oxygen atoms in total. The Morgan fingerprint density at radius 1 is 1.30 bits per heavy atom. The summed E-state index contributed by atoms with van der Waals surface area (Å²) in [6.45, 7) is 9.50. The highest BCUT2D eigenvalue weighted by Crippen LogP contribution is 2.27. The van der Waals surface area contributed by atoms with Crippen molar-refractivity contribution in [2.24, 2.45) is 0 Å². The Morgan fingerprint density at radius 3 is 2.57 bits per heavy atom. The quantitative estimate of drug-likeness (QED) is 0.787. The SMILES string of the molecule is CCCc1nc(CS(=O)(=O)[C@H](C)c2nc(C(C)(C)C)no2)cs1. The second-order valence-electron chi connectivity index (χ2n) is 6.64. The molecule has 1 atom stereocenters. The van der Waals surface area contributed by atoms with Gasteiger partial charge in [0.1, 0.15) is 5.25 Å². The summed E-state index contributed by atoms with van der Waals surface area (Å²) in [5.74, 6) is 0.536. The molecule has 0 fully saturated rings. The third kappa shape index (κ3) is 4.38. The van der Waals surface area contributed by atoms with Gasteiger partial charge >= 0.3 is 0 Å². The fraction of sp³-hybridized carbons (Fsp3) is 0.667. The van der Waals surface area contributed by atoms with Gasteiger partial charge in [0.05, 0.1) is 16.5 Å². The number of hydrogen-bond acceptors (Lipinski definition) is 7. The molecule has 0 aliphatic carbocycles. The van der Waals surface area contributed by atoms with E-state index in [2.05, 4.69) is 22.0 Å². The topological polar surface area (TPSA) is 86.0 Å². The molecular weight excluding hydrogens is 334 g/mol. The molecule has 8 heteroatoms. The van der Waals surface area contributed by atoms with E-state index in [0.29, 0.717) is 11.5 Å². The zero-order chi connectivity index (χ0) is 17.3. The summed E-state index contributed by atoms with van der Waals surface area (Å²) >= 11 is 1.50. The second kappa shape index (κ2) is 6.68. The molecule has 23 heavy (non-hydrogen) atoms. The lowest BCUT2D eigenvalue weighted by atomic mass is 9.96. The average molecular weight is 358 g/mol. The summed E-state index contributed by atoms with van der Waals surface area (Å²) in [6.07, 6.45) is 1.87. The van der Waals surface area contributed by atoms with E-state index in [1.807, 2.05) is 26.2 Å². The van der Waals surface area contributed by atoms with E-state index in [1.54, 1.807) is 6.92 Å². The molecule has 0 aliphatic rings. The standard InChI is InChI=1S/C15H23N3O3S2/c1-6-7-12-16-11(8-22-12)9-23(19,20)10(2)13-17-14(18-21-13)15(3,4)5/h8,10H,6-7,9H2,1-5H3/t10-/m1/s1. The van der Waals surface area contributed by atoms with E-state index in [4.69, 9.17) is 4.52 Å². The number of rotatable bonds is 6. The van der Waals surface area contributed by atoms with Crippen LogP contribution in [-0.4, -0.2) is 23.5 Å². The first-order valence-electron chi connectivity index (χ1n) is 7.62. The van der Waals surface area contributed by atoms with Crippen molar-refractivity contribution in [3.8, 4) is 0 Å². The third-order valence-electron chi connectivity index (χ3n) is 3.41. The summed E-state index contributed by atoms with van der Waals surface area (Å²) in [5, 5.41) is 5.83. The smallest absolute Gasteiger partial charge is 0.244 e. The highest BCUT2D eigenvalue weighted by molar-refractivity contribution is 7.90. The molecule has 0 bridgehead atoms. The van der Waals surface area contributed by atoms with E-state index in [9.17, 15) is 8.42 Å². The Hall–Kier alpha value is -1.28. The van der Waals surface area contributed by atoms with Crippen LogP contribution in [0.3, 0.4) is 0 Å². The van der Waals surface area contributed by atoms with E-state index >= 15 is 0 Å². The molecule has 0 amide bonds. The lowest BCUT2D eigenvalue weighted by Crippen LogP contribution is -2.16. The lowest BCUT2D eigenvalue weighted by molar-refractivity contribution is 0.361. The van der Waals surface area contributed by atoms with Crippen molar-refractivity contribution in [2.75, 3.05) is 0 Å². The molecule has 128 valence electrons. The molecule has 2 heterocycles. The first-order chi connectivity index (χ1) is 10.6. The lowest BCUT2D eigenvalue weighted by Gasteiger charge is -2.11. The van der Waals surface area contributed by atoms with Crippen molar-refractivity contribution < 1.29 is 12.9 Å². The molecule has 0 unspecified atom stereocenters. The van der Waals surface area contributed by atoms with Crippen LogP contribution >= 0.6 is 11.3 Å². The van der Waals surface area contributed by atoms with Gasteiger partial charge in [0.2, 0.25) is 5.89 Å². The van der Waals surface area contributed by atoms with Gasteiger partial charge in [0, 0.05) is 10.8 Å². The number of aryl methyl sites for hydroxylation is 1. The number of sulfone groups is 1. The van der Waals surface area contributed by atoms with Crippen molar-refractivity contribution in [1.29, 1.82) is 0 Å². The zero-order valence-corrected chi connectivity index (χ0v) is 15.8. The minimum absolute atomic E-state index is 0.110. The molecule has 0 aromatic carbocycles. The van der Waals surface area contributed by atoms with E-state index in [0.717, 1.165) is 17.8 Å². The molecule has 2 aromatic rings. The summed E-state index contributed by atoms with van der Waals surface area (Å²) in [5.41, 5.74) is 0.302. The van der Waals surface area contributed by atoms with Crippen LogP contribution in [0, 0.1) is 0 Å². The van der Waals surface area contributed by atoms with Crippen LogP contribution in [0.4, 0.5) is 0 Å². The number of aromatic nitrogens is 3. The van der Waals surface area contributed by atoms with Gasteiger partial charge in [-0.25, -0.2) is 13.4 Å². The van der Waals surface area contributed by atoms with E-state index in [1.165, 1.54) is 11.3 Å². The number of nitrogens with zero attached hydrogens (tertiary/aromatic N) is 3. The van der Waals surface area contributed by atoms with Gasteiger partial charge < -0.3 is 4.52 Å². The molecule has 0 saturated carbocycles. The maximum atomic E-state index is 12.6. The Balaban J connectivity index is 2.16. The average Bonchev–Trinajstić information content (AvgIpc) is 3.06. The van der Waals surface area contributed by atoms with Crippen molar-refractivity contribution in [3.05, 3.63) is 27.8 Å². The van der Waals surface area contributed by atoms with E-state index < -0.39 is 15.1 Å². The Kier molecular flexibility index (Phi) is 5.25. The van der Waals surface area contributed by atoms with Crippen molar-refractivity contribution >= 4 is 21.2 Å². The first kappa shape index (κ1) is 18.1. The zero-order valence-electron chi connectivity index (χ0n) is 14.2. The summed E-state index contributed by atoms with van der Waals surface area (Å²) in [4.78, 5) is 8.63. The normalized spacial score (nSPS) is 14.1. The first-order valence-corrected chi connectivity index (χ1v) is 10.2. The third-order valence-corrected chi connectivity index (χ3v) is 6.35. The van der Waals surface area contributed by atoms with Gasteiger partial charge in [-0.05, 0) is 19.8 Å². The molecule has 0 saturated heterocycles. The van der Waals surface area contributed by atoms with Crippen molar-refractivity contribution in [3.63, 3.8) is 0 Å². The largest absolute Gasteiger partial charge is 0.338 e. The molecule has 0 N–H and O–H groups in total. The summed E-state index contributed by atoms with van der Waals surface area (Å²) < 4.78 is 30.3. The van der Waals surface area contributed by atoms with Gasteiger partial charge in [0.25, 0.3) is 0 Å². The van der Waals surface area contributed by atoms with Gasteiger partial charge in [0.15, 0.2) is 15.7 Å². The van der Waals surface area contributed by atoms with Crippen LogP contribution in [-0.2, 0) is 27.4 Å². The van der Waals surface area contributed by atoms with Crippen LogP contribution in [0.2, 0.25) is 0 Å². The monoisotopic (exact) mass is 357 g/mol. The van der Waals surface area contributed by atoms with Gasteiger partial charge in [-0.3, -0.25) is 0 Å². The maximum absolute atomic E-state index is 12.6. The summed E-state index contributed by atoms with van der Waals surface area (Å²) in [6, 6.07) is 0. The van der Waals surface area contributed by atoms with Crippen LogP contribution < -0.4 is 0 Å². The van der Waals surface area contributed by atoms with Crippen LogP contribution in [0.1, 0.15) is 68.7 Å². The Bertz CT molecular complexity index is 757. The van der Waals surface area contributed by atoms with Gasteiger partial charge in [-0.15, -0.1) is 11.3 Å². The Morgan fingerprint density at radius 2 is 2.00 bits per heavy atom. The van der Waals surface area contributed by atoms with Gasteiger partial charge in [-0.2, -0.15) is 4.98 Å². The highest BCUT2D eigenvalue weighted by Gasteiger charge is 2.31. The molecule has 0 radical (unpaired) electrons. The molecule has 0 aliphatic heterocycles. The fourth-order valence-corrected chi connectivity index (χ4v) is 4.15. The number of thiazole rings is 1. The van der Waals surface area contributed by atoms with Gasteiger partial charge in [-0.1, -0.05) is 32.9 Å². The van der Waals surface area contributed by atoms with Crippen LogP contribution in [0.15, 0.2) is 9.90 Å². The minimum Gasteiger partial charge on any atom is -0.338 e. The Labute approximate surface area is 141 Å². The number of hydrogen-bond donors (Lipinski definition) is 0. The predicted molar refractivity (Wildman–Crippen MR) is 90.1 cm³/mol. The van der Waals surface area contributed by atoms with Crippen LogP contribution in [0.25, 0.3) is 0 Å². The summed E-state index contributed by atoms with van der Waals surface area (Å²) in [7, 11) is -3.45.